The second kappa shape index (κ2) is 5.68. The van der Waals surface area contributed by atoms with Crippen molar-refractivity contribution >= 4 is 11.9 Å². The SMILES string of the molecule is CC(C)n1c(O)c(C=Nc2c[nH]c(=O)[nH]c2=O)c(=O)[nH]c1=O. The van der Waals surface area contributed by atoms with E-state index in [0.29, 0.717) is 0 Å². The van der Waals surface area contributed by atoms with Crippen molar-refractivity contribution in [3.8, 4) is 5.88 Å². The lowest BCUT2D eigenvalue weighted by Gasteiger charge is -2.12. The van der Waals surface area contributed by atoms with Gasteiger partial charge in [0.15, 0.2) is 0 Å². The standard InChI is InChI=1S/C12H13N5O5/c1-5(2)17-10(20)6(8(18)16-12(17)22)3-13-7-4-14-11(21)15-9(7)19/h3-5,20H,1-2H3,(H,16,18,22)(H2,14,15,19,21). The largest absolute Gasteiger partial charge is 0.494 e. The van der Waals surface area contributed by atoms with E-state index < -0.39 is 34.4 Å². The number of aliphatic imine (C=N–C) groups is 1. The minimum Gasteiger partial charge on any atom is -0.494 e. The molecule has 0 bridgehead atoms. The number of aromatic nitrogens is 4. The molecule has 2 aromatic heterocycles. The second-order valence-electron chi connectivity index (χ2n) is 4.68. The van der Waals surface area contributed by atoms with Crippen molar-refractivity contribution in [3.63, 3.8) is 0 Å². The fourth-order valence-corrected chi connectivity index (χ4v) is 1.78. The number of nitrogens with one attached hydrogen (secondary N) is 3. The number of aromatic amines is 3. The molecule has 0 aromatic carbocycles. The van der Waals surface area contributed by atoms with Gasteiger partial charge in [-0.3, -0.25) is 24.1 Å². The molecule has 2 rings (SSSR count). The lowest BCUT2D eigenvalue weighted by atomic mass is 10.3. The molecule has 0 radical (unpaired) electrons. The maximum absolute atomic E-state index is 11.7. The van der Waals surface area contributed by atoms with Crippen molar-refractivity contribution in [3.05, 3.63) is 53.4 Å². The summed E-state index contributed by atoms with van der Waals surface area (Å²) < 4.78 is 0.972. The first-order valence-electron chi connectivity index (χ1n) is 6.25. The van der Waals surface area contributed by atoms with Crippen LogP contribution < -0.4 is 22.5 Å². The van der Waals surface area contributed by atoms with Gasteiger partial charge in [-0.25, -0.2) is 14.6 Å². The minimum absolute atomic E-state index is 0.166. The van der Waals surface area contributed by atoms with Crippen LogP contribution >= 0.6 is 0 Å². The summed E-state index contributed by atoms with van der Waals surface area (Å²) in [5.74, 6) is -0.562. The molecule has 22 heavy (non-hydrogen) atoms. The van der Waals surface area contributed by atoms with Gasteiger partial charge in [-0.15, -0.1) is 0 Å². The Morgan fingerprint density at radius 3 is 2.45 bits per heavy atom. The molecule has 0 aliphatic heterocycles. The zero-order valence-corrected chi connectivity index (χ0v) is 11.7. The number of H-pyrrole nitrogens is 3. The van der Waals surface area contributed by atoms with E-state index in [0.717, 1.165) is 17.0 Å². The van der Waals surface area contributed by atoms with Gasteiger partial charge in [0.25, 0.3) is 11.1 Å². The summed E-state index contributed by atoms with van der Waals surface area (Å²) in [5.41, 5.74) is -3.49. The van der Waals surface area contributed by atoms with Gasteiger partial charge in [-0.05, 0) is 13.8 Å². The van der Waals surface area contributed by atoms with Crippen molar-refractivity contribution in [2.24, 2.45) is 4.99 Å². The molecule has 0 fully saturated rings. The summed E-state index contributed by atoms with van der Waals surface area (Å²) >= 11 is 0. The first-order chi connectivity index (χ1) is 10.3. The number of aromatic hydroxyl groups is 1. The molecule has 0 aliphatic rings. The van der Waals surface area contributed by atoms with Gasteiger partial charge in [0.05, 0.1) is 0 Å². The van der Waals surface area contributed by atoms with Gasteiger partial charge in [0, 0.05) is 18.5 Å². The normalized spacial score (nSPS) is 11.4. The van der Waals surface area contributed by atoms with Crippen LogP contribution in [0.3, 0.4) is 0 Å². The summed E-state index contributed by atoms with van der Waals surface area (Å²) in [4.78, 5) is 55.7. The van der Waals surface area contributed by atoms with E-state index in [1.807, 2.05) is 9.97 Å². The van der Waals surface area contributed by atoms with Crippen LogP contribution in [0, 0.1) is 0 Å². The summed E-state index contributed by atoms with van der Waals surface area (Å²) in [6, 6.07) is -0.395. The number of nitrogens with zero attached hydrogens (tertiary/aromatic N) is 2. The Kier molecular flexibility index (Phi) is 3.93. The highest BCUT2D eigenvalue weighted by molar-refractivity contribution is 5.83. The van der Waals surface area contributed by atoms with E-state index in [-0.39, 0.29) is 11.3 Å². The summed E-state index contributed by atoms with van der Waals surface area (Å²) in [7, 11) is 0. The van der Waals surface area contributed by atoms with E-state index in [1.165, 1.54) is 0 Å². The van der Waals surface area contributed by atoms with Crippen molar-refractivity contribution in [1.29, 1.82) is 0 Å². The Hall–Kier alpha value is -3.17. The molecule has 2 heterocycles. The number of hydrogen-bond acceptors (Lipinski definition) is 6. The monoisotopic (exact) mass is 307 g/mol. The third-order valence-corrected chi connectivity index (χ3v) is 2.80. The Balaban J connectivity index is 2.59. The third-order valence-electron chi connectivity index (χ3n) is 2.80. The maximum atomic E-state index is 11.7. The first kappa shape index (κ1) is 15.2. The van der Waals surface area contributed by atoms with Gasteiger partial charge in [-0.2, -0.15) is 0 Å². The number of hydrogen-bond donors (Lipinski definition) is 4. The van der Waals surface area contributed by atoms with Crippen LogP contribution in [0.15, 0.2) is 30.4 Å². The fraction of sp³-hybridized carbons (Fsp3) is 0.250. The molecule has 10 nitrogen and oxygen atoms in total. The van der Waals surface area contributed by atoms with E-state index >= 15 is 0 Å². The minimum atomic E-state index is -0.844. The van der Waals surface area contributed by atoms with Gasteiger partial charge >= 0.3 is 11.4 Å². The van der Waals surface area contributed by atoms with Crippen molar-refractivity contribution in [2.45, 2.75) is 19.9 Å². The van der Waals surface area contributed by atoms with E-state index in [4.69, 9.17) is 0 Å². The summed E-state index contributed by atoms with van der Waals surface area (Å²) in [6.45, 7) is 3.29. The molecule has 0 atom stereocenters. The molecule has 4 N–H and O–H groups in total. The van der Waals surface area contributed by atoms with E-state index in [2.05, 4.69) is 9.98 Å². The molecule has 0 aliphatic carbocycles. The van der Waals surface area contributed by atoms with Crippen molar-refractivity contribution < 1.29 is 5.11 Å². The average Bonchev–Trinajstić information content (AvgIpc) is 2.39. The molecule has 10 heteroatoms. The zero-order valence-electron chi connectivity index (χ0n) is 11.7. The van der Waals surface area contributed by atoms with Crippen LogP contribution in [0.4, 0.5) is 5.69 Å². The second-order valence-corrected chi connectivity index (χ2v) is 4.68. The molecule has 0 spiro atoms. The molecule has 0 saturated heterocycles. The summed E-state index contributed by atoms with van der Waals surface area (Å²) in [5, 5.41) is 10.0. The lowest BCUT2D eigenvalue weighted by Crippen LogP contribution is -2.33. The van der Waals surface area contributed by atoms with Crippen molar-refractivity contribution in [2.75, 3.05) is 0 Å². The zero-order chi connectivity index (χ0) is 16.4. The molecule has 0 amide bonds. The van der Waals surface area contributed by atoms with Gasteiger partial charge in [-0.1, -0.05) is 0 Å². The Morgan fingerprint density at radius 2 is 1.86 bits per heavy atom. The molecule has 116 valence electrons. The smallest absolute Gasteiger partial charge is 0.331 e. The molecular formula is C12H13N5O5. The topological polar surface area (TPSA) is 153 Å². The van der Waals surface area contributed by atoms with Crippen LogP contribution in [-0.4, -0.2) is 30.8 Å². The Morgan fingerprint density at radius 1 is 1.18 bits per heavy atom. The first-order valence-corrected chi connectivity index (χ1v) is 6.25. The van der Waals surface area contributed by atoms with E-state index in [9.17, 15) is 24.3 Å². The van der Waals surface area contributed by atoms with Gasteiger partial charge in [0.1, 0.15) is 11.3 Å². The molecule has 0 unspecified atom stereocenters. The Bertz CT molecular complexity index is 959. The van der Waals surface area contributed by atoms with E-state index in [1.54, 1.807) is 13.8 Å². The van der Waals surface area contributed by atoms with Crippen LogP contribution in [-0.2, 0) is 0 Å². The van der Waals surface area contributed by atoms with Crippen molar-refractivity contribution in [1.82, 2.24) is 19.5 Å². The predicted octanol–water partition coefficient (Wildman–Crippen LogP) is -1.05. The third kappa shape index (κ3) is 2.80. The van der Waals surface area contributed by atoms with Gasteiger partial charge in [0.2, 0.25) is 5.88 Å². The fourth-order valence-electron chi connectivity index (χ4n) is 1.78. The Labute approximate surface area is 121 Å². The highest BCUT2D eigenvalue weighted by Gasteiger charge is 2.14. The van der Waals surface area contributed by atoms with Crippen LogP contribution in [0.2, 0.25) is 0 Å². The van der Waals surface area contributed by atoms with Gasteiger partial charge < -0.3 is 10.1 Å². The molecule has 2 aromatic rings. The summed E-state index contributed by atoms with van der Waals surface area (Å²) in [6.07, 6.45) is 2.00. The lowest BCUT2D eigenvalue weighted by molar-refractivity contribution is 0.380. The molecule has 0 saturated carbocycles. The van der Waals surface area contributed by atoms with Crippen LogP contribution in [0.25, 0.3) is 0 Å². The maximum Gasteiger partial charge on any atom is 0.331 e. The average molecular weight is 307 g/mol. The highest BCUT2D eigenvalue weighted by atomic mass is 16.3. The highest BCUT2D eigenvalue weighted by Crippen LogP contribution is 2.14. The predicted molar refractivity (Wildman–Crippen MR) is 78.3 cm³/mol. The number of rotatable bonds is 3. The molecular weight excluding hydrogens is 294 g/mol. The van der Waals surface area contributed by atoms with Crippen LogP contribution in [0.1, 0.15) is 25.5 Å². The quantitative estimate of drug-likeness (QED) is 0.533. The van der Waals surface area contributed by atoms with Crippen LogP contribution in [0.5, 0.6) is 5.88 Å².